The molecule has 1 aliphatic rings. The van der Waals surface area contributed by atoms with Crippen molar-refractivity contribution < 1.29 is 10.2 Å². The van der Waals surface area contributed by atoms with Gasteiger partial charge >= 0.3 is 0 Å². The third-order valence-corrected chi connectivity index (χ3v) is 5.41. The normalized spacial score (nSPS) is 24.4. The predicted molar refractivity (Wildman–Crippen MR) is 108 cm³/mol. The number of hydrogen-bond donors (Lipinski definition) is 2. The van der Waals surface area contributed by atoms with Crippen molar-refractivity contribution in [2.45, 2.75) is 84.3 Å². The Balaban J connectivity index is 2.65. The van der Waals surface area contributed by atoms with Crippen molar-refractivity contribution in [3.8, 4) is 0 Å². The van der Waals surface area contributed by atoms with E-state index < -0.39 is 11.2 Å². The van der Waals surface area contributed by atoms with Crippen LogP contribution < -0.4 is 0 Å². The first-order valence-electron chi connectivity index (χ1n) is 8.63. The van der Waals surface area contributed by atoms with Crippen LogP contribution in [0, 0.1) is 5.92 Å². The molecule has 0 spiro atoms. The van der Waals surface area contributed by atoms with Crippen LogP contribution in [0.25, 0.3) is 0 Å². The molecule has 3 heteroatoms. The highest BCUT2D eigenvalue weighted by atomic mass is 127. The van der Waals surface area contributed by atoms with Gasteiger partial charge in [-0.15, -0.1) is 0 Å². The lowest BCUT2D eigenvalue weighted by Gasteiger charge is -2.35. The summed E-state index contributed by atoms with van der Waals surface area (Å²) in [7, 11) is 0. The number of rotatable bonds is 7. The van der Waals surface area contributed by atoms with Gasteiger partial charge in [-0.25, -0.2) is 0 Å². The zero-order chi connectivity index (χ0) is 17.7. The van der Waals surface area contributed by atoms with Crippen molar-refractivity contribution in [1.29, 1.82) is 0 Å². The van der Waals surface area contributed by atoms with Crippen LogP contribution in [0.3, 0.4) is 0 Å². The third kappa shape index (κ3) is 7.99. The summed E-state index contributed by atoms with van der Waals surface area (Å²) in [6.07, 6.45) is 11.6. The van der Waals surface area contributed by atoms with Gasteiger partial charge in [-0.2, -0.15) is 0 Å². The molecule has 0 aromatic rings. The topological polar surface area (TPSA) is 40.5 Å². The van der Waals surface area contributed by atoms with Crippen molar-refractivity contribution in [1.82, 2.24) is 0 Å². The van der Waals surface area contributed by atoms with Gasteiger partial charge in [0.2, 0.25) is 0 Å². The van der Waals surface area contributed by atoms with Crippen molar-refractivity contribution >= 4 is 22.6 Å². The summed E-state index contributed by atoms with van der Waals surface area (Å²) in [5.41, 5.74) is 1.19. The molecule has 0 heterocycles. The first-order chi connectivity index (χ1) is 10.5. The third-order valence-electron chi connectivity index (χ3n) is 4.71. The maximum atomic E-state index is 10.9. The van der Waals surface area contributed by atoms with Gasteiger partial charge in [0, 0.05) is 6.42 Å². The van der Waals surface area contributed by atoms with E-state index in [2.05, 4.69) is 55.5 Å². The van der Waals surface area contributed by atoms with Crippen LogP contribution in [0.15, 0.2) is 33.0 Å². The first-order valence-corrected chi connectivity index (χ1v) is 9.71. The molecule has 2 nitrogen and oxygen atoms in total. The van der Waals surface area contributed by atoms with Crippen molar-refractivity contribution in [3.63, 3.8) is 0 Å². The molecular weight excluding hydrogens is 399 g/mol. The van der Waals surface area contributed by atoms with Gasteiger partial charge in [0.15, 0.2) is 0 Å². The summed E-state index contributed by atoms with van der Waals surface area (Å²) in [6.45, 7) is 10.1. The Morgan fingerprint density at radius 1 is 1.35 bits per heavy atom. The summed E-state index contributed by atoms with van der Waals surface area (Å²) >= 11 is 2.27. The fourth-order valence-electron chi connectivity index (χ4n) is 3.13. The molecule has 0 radical (unpaired) electrons. The van der Waals surface area contributed by atoms with Gasteiger partial charge in [0.05, 0.1) is 11.2 Å². The minimum absolute atomic E-state index is 0.306. The minimum atomic E-state index is -0.818. The molecule has 0 bridgehead atoms. The second kappa shape index (κ2) is 8.82. The lowest BCUT2D eigenvalue weighted by molar-refractivity contribution is -0.00345. The van der Waals surface area contributed by atoms with Crippen LogP contribution in [-0.4, -0.2) is 21.4 Å². The number of aliphatic hydroxyl groups is 2. The van der Waals surface area contributed by atoms with Crippen LogP contribution in [0.1, 0.15) is 73.1 Å². The van der Waals surface area contributed by atoms with E-state index in [1.165, 1.54) is 11.1 Å². The first kappa shape index (κ1) is 20.9. The molecule has 0 aliphatic heterocycles. The lowest BCUT2D eigenvalue weighted by Crippen LogP contribution is -2.35. The molecule has 23 heavy (non-hydrogen) atoms. The Kier molecular flexibility index (Phi) is 8.02. The Hall–Kier alpha value is -0.130. The second-order valence-electron chi connectivity index (χ2n) is 7.82. The Morgan fingerprint density at radius 2 is 2.00 bits per heavy atom. The van der Waals surface area contributed by atoms with Crippen molar-refractivity contribution in [3.05, 3.63) is 33.0 Å². The van der Waals surface area contributed by atoms with E-state index in [1.807, 2.05) is 19.9 Å². The summed E-state index contributed by atoms with van der Waals surface area (Å²) in [5.74, 6) is 0.306. The summed E-state index contributed by atoms with van der Waals surface area (Å²) in [4.78, 5) is 0. The highest BCUT2D eigenvalue weighted by molar-refractivity contribution is 14.1. The van der Waals surface area contributed by atoms with Gasteiger partial charge in [-0.05, 0) is 105 Å². The molecular formula is C20H33IO2. The van der Waals surface area contributed by atoms with Gasteiger partial charge in [0.1, 0.15) is 0 Å². The van der Waals surface area contributed by atoms with Crippen LogP contribution in [0.4, 0.5) is 0 Å². The Labute approximate surface area is 155 Å². The summed E-state index contributed by atoms with van der Waals surface area (Å²) in [5, 5.41) is 21.4. The Bertz CT molecular complexity index is 480. The molecule has 1 aliphatic carbocycles. The zero-order valence-electron chi connectivity index (χ0n) is 15.3. The monoisotopic (exact) mass is 432 g/mol. The average Bonchev–Trinajstić information content (AvgIpc) is 2.36. The minimum Gasteiger partial charge on any atom is -0.390 e. The molecule has 3 atom stereocenters. The number of halogens is 1. The standard InChI is InChI=1S/C20H33IO2/c1-15(2)7-6-12-19(4,22)13-18(21)14-20(5,23)17-10-8-16(3)9-11-17/h7-8,13,17,22-23H,6,9-12,14H2,1-5H3. The largest absolute Gasteiger partial charge is 0.390 e. The highest BCUT2D eigenvalue weighted by Gasteiger charge is 2.33. The van der Waals surface area contributed by atoms with Crippen LogP contribution >= 0.6 is 22.6 Å². The molecule has 0 amide bonds. The van der Waals surface area contributed by atoms with Gasteiger partial charge < -0.3 is 10.2 Å². The van der Waals surface area contributed by atoms with E-state index in [9.17, 15) is 10.2 Å². The number of allylic oxidation sites excluding steroid dienone is 4. The van der Waals surface area contributed by atoms with E-state index in [1.54, 1.807) is 0 Å². The molecule has 132 valence electrons. The molecule has 0 saturated heterocycles. The van der Waals surface area contributed by atoms with E-state index in [-0.39, 0.29) is 0 Å². The SMILES string of the molecule is CC(C)=CCCC(C)(O)C=C(I)CC(C)(O)C1CC=C(C)CC1. The van der Waals surface area contributed by atoms with Crippen LogP contribution in [-0.2, 0) is 0 Å². The maximum Gasteiger partial charge on any atom is 0.0812 e. The summed E-state index contributed by atoms with van der Waals surface area (Å²) in [6, 6.07) is 0. The van der Waals surface area contributed by atoms with E-state index >= 15 is 0 Å². The maximum absolute atomic E-state index is 10.9. The average molecular weight is 432 g/mol. The molecule has 0 aromatic carbocycles. The molecule has 0 saturated carbocycles. The summed E-state index contributed by atoms with van der Waals surface area (Å²) < 4.78 is 1.04. The fraction of sp³-hybridized carbons (Fsp3) is 0.700. The molecule has 2 N–H and O–H groups in total. The van der Waals surface area contributed by atoms with Gasteiger partial charge in [-0.1, -0.05) is 23.3 Å². The Morgan fingerprint density at radius 3 is 2.52 bits per heavy atom. The van der Waals surface area contributed by atoms with E-state index in [0.717, 1.165) is 29.3 Å². The van der Waals surface area contributed by atoms with Crippen molar-refractivity contribution in [2.75, 3.05) is 0 Å². The zero-order valence-corrected chi connectivity index (χ0v) is 17.5. The van der Waals surface area contributed by atoms with Gasteiger partial charge in [-0.3, -0.25) is 0 Å². The van der Waals surface area contributed by atoms with Crippen LogP contribution in [0.2, 0.25) is 0 Å². The molecule has 0 aromatic heterocycles. The molecule has 0 fully saturated rings. The smallest absolute Gasteiger partial charge is 0.0812 e. The lowest BCUT2D eigenvalue weighted by atomic mass is 9.77. The van der Waals surface area contributed by atoms with Gasteiger partial charge in [0.25, 0.3) is 0 Å². The highest BCUT2D eigenvalue weighted by Crippen LogP contribution is 2.37. The fourth-order valence-corrected chi connectivity index (χ4v) is 4.57. The predicted octanol–water partition coefficient (Wildman–Crippen LogP) is 5.69. The number of hydrogen-bond acceptors (Lipinski definition) is 2. The second-order valence-corrected chi connectivity index (χ2v) is 9.21. The molecule has 3 unspecified atom stereocenters. The van der Waals surface area contributed by atoms with Crippen molar-refractivity contribution in [2.24, 2.45) is 5.92 Å². The van der Waals surface area contributed by atoms with Crippen LogP contribution in [0.5, 0.6) is 0 Å². The quantitative estimate of drug-likeness (QED) is 0.401. The van der Waals surface area contributed by atoms with E-state index in [0.29, 0.717) is 18.8 Å². The molecule has 1 rings (SSSR count). The van der Waals surface area contributed by atoms with E-state index in [4.69, 9.17) is 0 Å².